The fourth-order valence-electron chi connectivity index (χ4n) is 5.31. The van der Waals surface area contributed by atoms with Gasteiger partial charge in [-0.25, -0.2) is 0 Å². The van der Waals surface area contributed by atoms with E-state index in [0.29, 0.717) is 30.7 Å². The molecule has 4 rings (SSSR count). The van der Waals surface area contributed by atoms with Gasteiger partial charge in [-0.15, -0.1) is 0 Å². The molecule has 1 heterocycles. The van der Waals surface area contributed by atoms with Gasteiger partial charge in [-0.3, -0.25) is 14.4 Å². The topological polar surface area (TPSA) is 136 Å². The number of aliphatic carboxylic acids is 1. The molecule has 0 bridgehead atoms. The largest absolute Gasteiger partial charge is 0.489 e. The van der Waals surface area contributed by atoms with E-state index in [0.717, 1.165) is 18.4 Å². The first-order chi connectivity index (χ1) is 17.3. The van der Waals surface area contributed by atoms with Crippen molar-refractivity contribution in [1.29, 1.82) is 0 Å². The average molecular weight is 497 g/mol. The molecule has 0 radical (unpaired) electrons. The number of fused-ring (bicyclic) bond motifs is 1. The van der Waals surface area contributed by atoms with Crippen LogP contribution in [0.1, 0.15) is 37.7 Å². The van der Waals surface area contributed by atoms with Crippen LogP contribution in [0.2, 0.25) is 0 Å². The number of rotatable bonds is 9. The summed E-state index contributed by atoms with van der Waals surface area (Å²) in [5.41, 5.74) is 0.372. The smallest absolute Gasteiger partial charge is 0.306 e. The Morgan fingerprint density at radius 3 is 2.39 bits per heavy atom. The fraction of sp³-hybridized carbons (Fsp3) is 0.444. The van der Waals surface area contributed by atoms with Crippen LogP contribution in [0.15, 0.2) is 54.6 Å². The Morgan fingerprint density at radius 2 is 1.72 bits per heavy atom. The molecule has 36 heavy (non-hydrogen) atoms. The van der Waals surface area contributed by atoms with E-state index < -0.39 is 35.5 Å². The van der Waals surface area contributed by atoms with Gasteiger partial charge in [-0.1, -0.05) is 55.3 Å². The van der Waals surface area contributed by atoms with Crippen molar-refractivity contribution < 1.29 is 34.4 Å². The van der Waals surface area contributed by atoms with E-state index in [1.54, 1.807) is 24.3 Å². The number of nitrogens with zero attached hydrogens (tertiary/aromatic N) is 1. The number of β-amino-alcohol motifs (C(OH)–C–C–N with tert-alkyl or cyclic N) is 2. The van der Waals surface area contributed by atoms with Crippen LogP contribution in [0.25, 0.3) is 0 Å². The highest BCUT2D eigenvalue weighted by molar-refractivity contribution is 6.01. The standard InChI is InChI=1S/C27H32N2O7/c30-23(31)16-29-21-10-4-5-11-22(21)36-17-20(24(29)32)28-26(35)27(12-6-7-13-27)15-19(25(33)34)14-18-8-2-1-3-9-18/h1-5,8-11,19-20,23,30-31H,6-7,12-17H2,(H,28,35)(H,33,34). The Balaban J connectivity index is 1.54. The van der Waals surface area contributed by atoms with Crippen molar-refractivity contribution in [2.75, 3.05) is 18.1 Å². The Labute approximate surface area is 209 Å². The van der Waals surface area contributed by atoms with Crippen LogP contribution in [0, 0.1) is 11.3 Å². The van der Waals surface area contributed by atoms with E-state index in [2.05, 4.69) is 5.32 Å². The predicted molar refractivity (Wildman–Crippen MR) is 131 cm³/mol. The maximum Gasteiger partial charge on any atom is 0.306 e. The third-order valence-electron chi connectivity index (χ3n) is 7.13. The van der Waals surface area contributed by atoms with Crippen molar-refractivity contribution in [2.45, 2.75) is 50.9 Å². The monoisotopic (exact) mass is 496 g/mol. The molecule has 0 spiro atoms. The van der Waals surface area contributed by atoms with Gasteiger partial charge in [0.25, 0.3) is 5.91 Å². The molecule has 2 atom stereocenters. The van der Waals surface area contributed by atoms with Gasteiger partial charge >= 0.3 is 5.97 Å². The number of hydrogen-bond acceptors (Lipinski definition) is 6. The number of benzene rings is 2. The summed E-state index contributed by atoms with van der Waals surface area (Å²) in [5, 5.41) is 31.9. The molecule has 0 saturated heterocycles. The molecule has 2 unspecified atom stereocenters. The lowest BCUT2D eigenvalue weighted by molar-refractivity contribution is -0.145. The second kappa shape index (κ2) is 11.1. The van der Waals surface area contributed by atoms with Crippen molar-refractivity contribution in [3.63, 3.8) is 0 Å². The summed E-state index contributed by atoms with van der Waals surface area (Å²) in [4.78, 5) is 40.4. The Bertz CT molecular complexity index is 1080. The van der Waals surface area contributed by atoms with Crippen molar-refractivity contribution >= 4 is 23.5 Å². The zero-order valence-electron chi connectivity index (χ0n) is 20.0. The maximum absolute atomic E-state index is 13.7. The number of para-hydroxylation sites is 2. The summed E-state index contributed by atoms with van der Waals surface area (Å²) < 4.78 is 5.80. The SMILES string of the molecule is O=C(O)C(Cc1ccccc1)CC1(C(=O)NC2COc3ccccc3N(CC(O)O)C2=O)CCCC1. The highest BCUT2D eigenvalue weighted by Crippen LogP contribution is 2.44. The molecule has 1 saturated carbocycles. The second-order valence-electron chi connectivity index (χ2n) is 9.65. The molecule has 2 aromatic rings. The lowest BCUT2D eigenvalue weighted by Crippen LogP contribution is -2.55. The van der Waals surface area contributed by atoms with Crippen LogP contribution in [-0.4, -0.2) is 58.6 Å². The minimum atomic E-state index is -1.77. The molecule has 9 heteroatoms. The molecule has 4 N–H and O–H groups in total. The number of hydrogen-bond donors (Lipinski definition) is 4. The fourth-order valence-corrected chi connectivity index (χ4v) is 5.31. The minimum Gasteiger partial charge on any atom is -0.489 e. The van der Waals surface area contributed by atoms with Gasteiger partial charge in [0.15, 0.2) is 6.29 Å². The third kappa shape index (κ3) is 5.68. The molecule has 0 aromatic heterocycles. The molecular weight excluding hydrogens is 464 g/mol. The summed E-state index contributed by atoms with van der Waals surface area (Å²) in [7, 11) is 0. The first-order valence-electron chi connectivity index (χ1n) is 12.3. The second-order valence-corrected chi connectivity index (χ2v) is 9.65. The number of ether oxygens (including phenoxy) is 1. The van der Waals surface area contributed by atoms with Crippen molar-refractivity contribution in [2.24, 2.45) is 11.3 Å². The predicted octanol–water partition coefficient (Wildman–Crippen LogP) is 2.10. The molecule has 1 fully saturated rings. The van der Waals surface area contributed by atoms with Gasteiger partial charge in [0.1, 0.15) is 18.4 Å². The van der Waals surface area contributed by atoms with E-state index in [1.165, 1.54) is 4.90 Å². The highest BCUT2D eigenvalue weighted by Gasteiger charge is 2.46. The van der Waals surface area contributed by atoms with E-state index in [4.69, 9.17) is 4.74 Å². The minimum absolute atomic E-state index is 0.123. The molecular formula is C27H32N2O7. The first kappa shape index (κ1) is 25.7. The highest BCUT2D eigenvalue weighted by atomic mass is 16.5. The lowest BCUT2D eigenvalue weighted by Gasteiger charge is -2.33. The number of aliphatic hydroxyl groups is 2. The van der Waals surface area contributed by atoms with Gasteiger partial charge < -0.3 is 30.3 Å². The molecule has 1 aliphatic heterocycles. The number of aliphatic hydroxyl groups excluding tert-OH is 1. The molecule has 2 aliphatic rings. The average Bonchev–Trinajstić information content (AvgIpc) is 3.30. The summed E-state index contributed by atoms with van der Waals surface area (Å²) in [5.74, 6) is -2.19. The van der Waals surface area contributed by atoms with Crippen LogP contribution in [-0.2, 0) is 20.8 Å². The van der Waals surface area contributed by atoms with Gasteiger partial charge in [-0.05, 0) is 43.4 Å². The normalized spacial score (nSPS) is 19.8. The van der Waals surface area contributed by atoms with Gasteiger partial charge in [0, 0.05) is 0 Å². The molecule has 2 amide bonds. The van der Waals surface area contributed by atoms with E-state index in [9.17, 15) is 29.7 Å². The van der Waals surface area contributed by atoms with Crippen molar-refractivity contribution in [3.8, 4) is 5.75 Å². The van der Waals surface area contributed by atoms with Gasteiger partial charge in [0.05, 0.1) is 23.6 Å². The number of anilines is 1. The Hall–Kier alpha value is -3.43. The molecule has 192 valence electrons. The third-order valence-corrected chi connectivity index (χ3v) is 7.13. The van der Waals surface area contributed by atoms with Crippen LogP contribution < -0.4 is 15.0 Å². The van der Waals surface area contributed by atoms with E-state index in [1.807, 2.05) is 30.3 Å². The Morgan fingerprint density at radius 1 is 1.06 bits per heavy atom. The van der Waals surface area contributed by atoms with Crippen LogP contribution in [0.5, 0.6) is 5.75 Å². The number of carbonyl (C=O) groups is 3. The molecule has 9 nitrogen and oxygen atoms in total. The van der Waals surface area contributed by atoms with Gasteiger partial charge in [-0.2, -0.15) is 0 Å². The zero-order chi connectivity index (χ0) is 25.7. The van der Waals surface area contributed by atoms with E-state index in [-0.39, 0.29) is 25.5 Å². The number of amides is 2. The Kier molecular flexibility index (Phi) is 7.91. The van der Waals surface area contributed by atoms with Crippen LogP contribution in [0.4, 0.5) is 5.69 Å². The number of carbonyl (C=O) groups excluding carboxylic acids is 2. The maximum atomic E-state index is 13.7. The summed E-state index contributed by atoms with van der Waals surface area (Å²) in [6.45, 7) is -0.503. The first-order valence-corrected chi connectivity index (χ1v) is 12.3. The zero-order valence-corrected chi connectivity index (χ0v) is 20.0. The number of nitrogens with one attached hydrogen (secondary N) is 1. The molecule has 2 aromatic carbocycles. The van der Waals surface area contributed by atoms with Crippen molar-refractivity contribution in [3.05, 3.63) is 60.2 Å². The van der Waals surface area contributed by atoms with Crippen LogP contribution in [0.3, 0.4) is 0 Å². The van der Waals surface area contributed by atoms with Crippen molar-refractivity contribution in [1.82, 2.24) is 5.32 Å². The number of carboxylic acid groups (broad SMARTS) is 1. The summed E-state index contributed by atoms with van der Waals surface area (Å²) in [6, 6.07) is 15.0. The molecule has 1 aliphatic carbocycles. The van der Waals surface area contributed by atoms with Crippen LogP contribution >= 0.6 is 0 Å². The number of carboxylic acids is 1. The van der Waals surface area contributed by atoms with Gasteiger partial charge in [0.2, 0.25) is 5.91 Å². The summed E-state index contributed by atoms with van der Waals surface area (Å²) >= 11 is 0. The quantitative estimate of drug-likeness (QED) is 0.390. The lowest BCUT2D eigenvalue weighted by atomic mass is 9.75. The van der Waals surface area contributed by atoms with E-state index >= 15 is 0 Å². The summed E-state index contributed by atoms with van der Waals surface area (Å²) in [6.07, 6.45) is 1.39.